The number of carbonyl (C=O) groups excluding carboxylic acids is 2. The van der Waals surface area contributed by atoms with Crippen LogP contribution in [-0.2, 0) is 21.9 Å². The number of rotatable bonds is 1. The fourth-order valence-corrected chi connectivity index (χ4v) is 8.64. The van der Waals surface area contributed by atoms with Crippen molar-refractivity contribution in [3.05, 3.63) is 70.3 Å². The van der Waals surface area contributed by atoms with E-state index >= 15 is 0 Å². The van der Waals surface area contributed by atoms with Crippen LogP contribution in [-0.4, -0.2) is 70.3 Å². The lowest BCUT2D eigenvalue weighted by Gasteiger charge is -2.46. The van der Waals surface area contributed by atoms with Crippen LogP contribution in [0.15, 0.2) is 48.6 Å². The molecule has 0 unspecified atom stereocenters. The Morgan fingerprint density at radius 3 is 2.73 bits per heavy atom. The highest BCUT2D eigenvalue weighted by atomic mass is 35.5. The van der Waals surface area contributed by atoms with Crippen LogP contribution in [0, 0.1) is 11.8 Å². The molecule has 2 heterocycles. The number of halogens is 1. The predicted molar refractivity (Wildman–Crippen MR) is 177 cm³/mol. The highest BCUT2D eigenvalue weighted by Gasteiger charge is 2.44. The summed E-state index contributed by atoms with van der Waals surface area (Å²) in [6.45, 7) is 3.50. The van der Waals surface area contributed by atoms with Gasteiger partial charge in [-0.15, -0.1) is 0 Å². The van der Waals surface area contributed by atoms with Gasteiger partial charge in [-0.25, -0.2) is 17.9 Å². The summed E-state index contributed by atoms with van der Waals surface area (Å²) in [6.07, 6.45) is 9.79. The van der Waals surface area contributed by atoms with Gasteiger partial charge in [0.05, 0.1) is 23.6 Å². The summed E-state index contributed by atoms with van der Waals surface area (Å²) in [6, 6.07) is 11.0. The number of benzene rings is 2. The second-order valence-electron chi connectivity index (χ2n) is 13.5. The predicted octanol–water partition coefficient (Wildman–Crippen LogP) is 5.28. The van der Waals surface area contributed by atoms with Gasteiger partial charge in [0.2, 0.25) is 10.0 Å². The molecule has 5 atom stereocenters. The number of urea groups is 1. The quantitative estimate of drug-likeness (QED) is 0.406. The maximum Gasteiger partial charge on any atom is 0.317 e. The zero-order chi connectivity index (χ0) is 31.9. The number of amides is 3. The van der Waals surface area contributed by atoms with E-state index < -0.39 is 21.2 Å². The summed E-state index contributed by atoms with van der Waals surface area (Å²) in [5, 5.41) is 3.16. The van der Waals surface area contributed by atoms with E-state index in [2.05, 4.69) is 27.1 Å². The Morgan fingerprint density at radius 1 is 1.16 bits per heavy atom. The Hall–Kier alpha value is -3.24. The summed E-state index contributed by atoms with van der Waals surface area (Å²) in [4.78, 5) is 30.0. The molecule has 2 N–H and O–H groups in total. The van der Waals surface area contributed by atoms with Gasteiger partial charge >= 0.3 is 6.03 Å². The monoisotopic (exact) mass is 654 g/mol. The average molecular weight is 655 g/mol. The molecular weight excluding hydrogens is 612 g/mol. The van der Waals surface area contributed by atoms with Crippen molar-refractivity contribution in [1.29, 1.82) is 0 Å². The highest BCUT2D eigenvalue weighted by Crippen LogP contribution is 2.46. The summed E-state index contributed by atoms with van der Waals surface area (Å²) >= 11 is 6.42. The van der Waals surface area contributed by atoms with E-state index in [1.807, 2.05) is 18.2 Å². The molecular formula is C34H43ClN4O5S. The van der Waals surface area contributed by atoms with E-state index in [0.717, 1.165) is 42.8 Å². The number of hydrogen-bond donors (Lipinski definition) is 2. The number of sulfonamides is 1. The van der Waals surface area contributed by atoms with Crippen molar-refractivity contribution in [2.45, 2.75) is 68.6 Å². The number of aryl methyl sites for hydroxylation is 1. The van der Waals surface area contributed by atoms with Crippen molar-refractivity contribution in [3.8, 4) is 5.75 Å². The Bertz CT molecular complexity index is 1610. The maximum absolute atomic E-state index is 13.3. The molecule has 2 aromatic carbocycles. The van der Waals surface area contributed by atoms with Gasteiger partial charge in [0.1, 0.15) is 5.75 Å². The van der Waals surface area contributed by atoms with Crippen molar-refractivity contribution in [2.24, 2.45) is 11.8 Å². The van der Waals surface area contributed by atoms with Gasteiger partial charge in [-0.1, -0.05) is 29.8 Å². The molecule has 1 spiro atoms. The van der Waals surface area contributed by atoms with Gasteiger partial charge in [-0.05, 0) is 105 Å². The Morgan fingerprint density at radius 2 is 1.98 bits per heavy atom. The van der Waals surface area contributed by atoms with Gasteiger partial charge in [0, 0.05) is 43.2 Å². The minimum atomic E-state index is -3.91. The number of allylic oxidation sites excluding steroid dienone is 1. The first-order chi connectivity index (χ1) is 21.5. The van der Waals surface area contributed by atoms with Crippen molar-refractivity contribution < 1.29 is 22.7 Å². The third-order valence-electron chi connectivity index (χ3n) is 10.2. The van der Waals surface area contributed by atoms with E-state index in [1.165, 1.54) is 16.0 Å². The molecule has 2 aliphatic heterocycles. The van der Waals surface area contributed by atoms with E-state index in [9.17, 15) is 18.0 Å². The molecule has 2 aliphatic carbocycles. The van der Waals surface area contributed by atoms with Gasteiger partial charge in [0.25, 0.3) is 5.91 Å². The molecule has 0 saturated heterocycles. The lowest BCUT2D eigenvalue weighted by Crippen LogP contribution is -2.53. The molecule has 4 aliphatic rings. The third kappa shape index (κ3) is 6.41. The van der Waals surface area contributed by atoms with Crippen LogP contribution in [0.25, 0.3) is 0 Å². The first-order valence-corrected chi connectivity index (χ1v) is 17.9. The summed E-state index contributed by atoms with van der Waals surface area (Å²) in [7, 11) is -0.445. The lowest BCUT2D eigenvalue weighted by atomic mass is 9.68. The number of carbonyl (C=O) groups is 2. The second kappa shape index (κ2) is 12.5. The normalized spacial score (nSPS) is 30.0. The number of anilines is 1. The smallest absolute Gasteiger partial charge is 0.317 e. The summed E-state index contributed by atoms with van der Waals surface area (Å²) in [5.41, 5.74) is 3.28. The molecule has 6 rings (SSSR count). The number of hydrogen-bond acceptors (Lipinski definition) is 6. The standard InChI is InChI=1S/C34H43ClN4O5S/c1-22-7-4-5-9-29(36-33(41)38(2)3)27-13-10-25(27)19-39-20-34(16-6-8-23-17-26(35)12-14-28(23)34)21-44-31-15-11-24(18-30(31)39)32(40)37-45(22,42)43/h5,9,11-12,14-15,17-18,22,25,27,29H,4,6-8,10,13,16,19-21H2,1-3H3,(H,36,41)(H,37,40)/b9-5+/t22-,25+,27-,29+,34+/m1/s1. The Kier molecular flexibility index (Phi) is 8.82. The SMILES string of the molecule is C[C@@H]1CC/C=C/[C@H](NC(=O)N(C)C)[C@@H]2CC[C@H]2CN2C[C@@]3(CCCc4cc(Cl)ccc43)COc3ccc(cc32)C(=O)NS1(=O)=O. The van der Waals surface area contributed by atoms with Crippen LogP contribution in [0.3, 0.4) is 0 Å². The molecule has 242 valence electrons. The van der Waals surface area contributed by atoms with Crippen LogP contribution in [0.1, 0.15) is 66.9 Å². The van der Waals surface area contributed by atoms with Gasteiger partial charge in [-0.2, -0.15) is 0 Å². The number of ether oxygens (including phenoxy) is 1. The van der Waals surface area contributed by atoms with Crippen LogP contribution >= 0.6 is 11.6 Å². The second-order valence-corrected chi connectivity index (χ2v) is 16.0. The molecule has 45 heavy (non-hydrogen) atoms. The average Bonchev–Trinajstić information content (AvgIpc) is 3.13. The largest absolute Gasteiger partial charge is 0.490 e. The van der Waals surface area contributed by atoms with Gasteiger partial charge in [0.15, 0.2) is 0 Å². The van der Waals surface area contributed by atoms with Crippen molar-refractivity contribution in [3.63, 3.8) is 0 Å². The van der Waals surface area contributed by atoms with Crippen LogP contribution < -0.4 is 19.7 Å². The van der Waals surface area contributed by atoms with E-state index in [0.29, 0.717) is 44.2 Å². The minimum Gasteiger partial charge on any atom is -0.490 e. The maximum atomic E-state index is 13.3. The van der Waals surface area contributed by atoms with Crippen molar-refractivity contribution >= 4 is 39.2 Å². The Balaban J connectivity index is 1.42. The molecule has 1 saturated carbocycles. The first kappa shape index (κ1) is 31.7. The number of nitrogens with zero attached hydrogens (tertiary/aromatic N) is 2. The number of fused-ring (bicyclic) bond motifs is 4. The molecule has 9 nitrogen and oxygen atoms in total. The van der Waals surface area contributed by atoms with Gasteiger partial charge in [-0.3, -0.25) is 4.79 Å². The topological polar surface area (TPSA) is 108 Å². The van der Waals surface area contributed by atoms with Gasteiger partial charge < -0.3 is 19.9 Å². The van der Waals surface area contributed by atoms with Crippen LogP contribution in [0.2, 0.25) is 5.02 Å². The summed E-state index contributed by atoms with van der Waals surface area (Å²) in [5.74, 6) is 0.543. The molecule has 1 fully saturated rings. The lowest BCUT2D eigenvalue weighted by molar-refractivity contribution is 0.0981. The molecule has 2 bridgehead atoms. The molecule has 0 aromatic heterocycles. The fourth-order valence-electron chi connectivity index (χ4n) is 7.42. The first-order valence-electron chi connectivity index (χ1n) is 16.0. The zero-order valence-electron chi connectivity index (χ0n) is 26.2. The molecule has 2 aromatic rings. The highest BCUT2D eigenvalue weighted by molar-refractivity contribution is 7.90. The van der Waals surface area contributed by atoms with Crippen molar-refractivity contribution in [2.75, 3.05) is 38.7 Å². The molecule has 11 heteroatoms. The minimum absolute atomic E-state index is 0.155. The van der Waals surface area contributed by atoms with Crippen molar-refractivity contribution in [1.82, 2.24) is 14.9 Å². The zero-order valence-corrected chi connectivity index (χ0v) is 27.8. The summed E-state index contributed by atoms with van der Waals surface area (Å²) < 4.78 is 35.1. The fraction of sp³-hybridized carbons (Fsp3) is 0.529. The van der Waals surface area contributed by atoms with Crippen LogP contribution in [0.4, 0.5) is 10.5 Å². The number of nitrogens with one attached hydrogen (secondary N) is 2. The molecule has 3 amide bonds. The van der Waals surface area contributed by atoms with E-state index in [-0.39, 0.29) is 29.0 Å². The molecule has 0 radical (unpaired) electrons. The third-order valence-corrected chi connectivity index (χ3v) is 12.2. The van der Waals surface area contributed by atoms with Crippen LogP contribution in [0.5, 0.6) is 5.75 Å². The Labute approximate surface area is 271 Å². The van der Waals surface area contributed by atoms with E-state index in [4.69, 9.17) is 16.3 Å². The van der Waals surface area contributed by atoms with E-state index in [1.54, 1.807) is 39.2 Å².